The third-order valence-corrected chi connectivity index (χ3v) is 9.28. The molecule has 0 aliphatic heterocycles. The van der Waals surface area contributed by atoms with E-state index in [0.717, 1.165) is 37.7 Å². The number of amides is 4. The van der Waals surface area contributed by atoms with Crippen molar-refractivity contribution in [2.45, 2.75) is 101 Å². The molecule has 0 saturated heterocycles. The van der Waals surface area contributed by atoms with Gasteiger partial charge in [0.25, 0.3) is 0 Å². The van der Waals surface area contributed by atoms with Crippen molar-refractivity contribution in [3.8, 4) is 0 Å². The summed E-state index contributed by atoms with van der Waals surface area (Å²) in [6.45, 7) is 0.161. The van der Waals surface area contributed by atoms with Crippen molar-refractivity contribution in [2.24, 2.45) is 33.8 Å². The first-order chi connectivity index (χ1) is 27.3. The summed E-state index contributed by atoms with van der Waals surface area (Å²) in [6, 6.07) is 12.4. The van der Waals surface area contributed by atoms with E-state index in [2.05, 4.69) is 20.9 Å². The van der Waals surface area contributed by atoms with Gasteiger partial charge in [-0.2, -0.15) is 13.2 Å². The zero-order valence-electron chi connectivity index (χ0n) is 31.8. The first-order valence-corrected chi connectivity index (χ1v) is 18.5. The first kappa shape index (κ1) is 47.9. The number of carboxylic acids is 2. The van der Waals surface area contributed by atoms with Crippen LogP contribution in [0, 0.1) is 11.3 Å². The molecular weight excluding hydrogens is 767 g/mol. The fourth-order valence-corrected chi connectivity index (χ4v) is 6.23. The normalized spacial score (nSPS) is 14.8. The third kappa shape index (κ3) is 17.7. The Morgan fingerprint density at radius 1 is 0.776 bits per heavy atom. The largest absolute Gasteiger partial charge is 0.490 e. The van der Waals surface area contributed by atoms with Crippen LogP contribution in [-0.4, -0.2) is 88.4 Å². The van der Waals surface area contributed by atoms with E-state index in [9.17, 15) is 42.3 Å². The Bertz CT molecular complexity index is 1730. The van der Waals surface area contributed by atoms with E-state index in [4.69, 9.17) is 38.2 Å². The number of nitrogen functional groups attached to an aromatic ring is 1. The van der Waals surface area contributed by atoms with E-state index >= 15 is 0 Å². The lowest BCUT2D eigenvalue weighted by atomic mass is 9.84. The maximum Gasteiger partial charge on any atom is 0.490 e. The highest BCUT2D eigenvalue weighted by atomic mass is 19.4. The molecule has 0 radical (unpaired) electrons. The fourth-order valence-electron chi connectivity index (χ4n) is 6.23. The molecule has 17 nitrogen and oxygen atoms in total. The molecule has 20 heteroatoms. The number of primary amides is 1. The van der Waals surface area contributed by atoms with E-state index in [1.807, 2.05) is 0 Å². The standard InChI is InChI=1S/C36H51N9O6.C2HF3O2/c37-31(38)25-15-13-23(14-16-25)20-26(24-10-5-2-6-11-24)33(49)43-28(17-18-30(46)47)35(51)44-27(12-7-19-42-36(40)41)34(50)45-29(32(39)48)21-22-8-3-1-4-9-22;3-2(4,5)1(6)7/h2,5-6,10-11,13-16,22,26-29H,1,3-4,7-9,12,17-21H2,(H3,37,38)(H2,39,48)(H,43,49)(H,44,51)(H,45,50)(H,46,47)(H4,40,41,42);(H,6,7)/t26?,27-,28-,29-;/m0./s1. The highest BCUT2D eigenvalue weighted by Crippen LogP contribution is 2.27. The average molecular weight is 820 g/mol. The van der Waals surface area contributed by atoms with Crippen molar-refractivity contribution in [3.05, 3.63) is 71.3 Å². The van der Waals surface area contributed by atoms with E-state index < -0.39 is 72.2 Å². The van der Waals surface area contributed by atoms with Crippen molar-refractivity contribution >= 4 is 47.4 Å². The van der Waals surface area contributed by atoms with Crippen LogP contribution in [0.2, 0.25) is 0 Å². The summed E-state index contributed by atoms with van der Waals surface area (Å²) in [4.78, 5) is 78.1. The maximum absolute atomic E-state index is 13.9. The molecule has 0 aromatic heterocycles. The molecule has 58 heavy (non-hydrogen) atoms. The molecule has 14 N–H and O–H groups in total. The first-order valence-electron chi connectivity index (χ1n) is 18.5. The Kier molecular flexibility index (Phi) is 19.6. The van der Waals surface area contributed by atoms with Crippen LogP contribution in [0.5, 0.6) is 0 Å². The number of guanidine groups is 1. The molecule has 2 aromatic rings. The lowest BCUT2D eigenvalue weighted by molar-refractivity contribution is -0.192. The fraction of sp³-hybridized carbons (Fsp3) is 0.474. The van der Waals surface area contributed by atoms with Crippen molar-refractivity contribution in [2.75, 3.05) is 6.54 Å². The van der Waals surface area contributed by atoms with E-state index in [-0.39, 0.29) is 49.9 Å². The second kappa shape index (κ2) is 23.8. The quantitative estimate of drug-likeness (QED) is 0.0521. The second-order valence-corrected chi connectivity index (χ2v) is 13.8. The number of aliphatic carboxylic acids is 2. The zero-order valence-corrected chi connectivity index (χ0v) is 31.8. The van der Waals surface area contributed by atoms with Gasteiger partial charge in [-0.05, 0) is 49.1 Å². The number of nitrogens with zero attached hydrogens (tertiary/aromatic N) is 1. The SMILES string of the molecule is N=C(N)c1ccc(CC(C(=O)N[C@@H](CCC(=O)O)C(=O)N[C@@H](CCCN=C(N)N)C(=O)N[C@@H](CC2CCCCC2)C(N)=O)c2ccccc2)cc1.O=C(O)C(F)(F)F. The van der Waals surface area contributed by atoms with Crippen LogP contribution in [0.25, 0.3) is 0 Å². The summed E-state index contributed by atoms with van der Waals surface area (Å²) >= 11 is 0. The summed E-state index contributed by atoms with van der Waals surface area (Å²) < 4.78 is 31.7. The number of benzene rings is 2. The predicted octanol–water partition coefficient (Wildman–Crippen LogP) is 1.76. The Balaban J connectivity index is 0.00000151. The molecule has 1 fully saturated rings. The Labute approximate surface area is 333 Å². The van der Waals surface area contributed by atoms with Crippen molar-refractivity contribution in [1.29, 1.82) is 5.41 Å². The van der Waals surface area contributed by atoms with Gasteiger partial charge in [0.05, 0.1) is 5.92 Å². The third-order valence-electron chi connectivity index (χ3n) is 9.28. The Morgan fingerprint density at radius 3 is 1.81 bits per heavy atom. The molecule has 0 spiro atoms. The molecule has 3 rings (SSSR count). The number of nitrogens with one attached hydrogen (secondary N) is 4. The van der Waals surface area contributed by atoms with Gasteiger partial charge < -0.3 is 49.1 Å². The number of nitrogens with two attached hydrogens (primary N) is 4. The topological polar surface area (TPSA) is 319 Å². The Hall–Kier alpha value is -6.21. The van der Waals surface area contributed by atoms with Crippen molar-refractivity contribution < 1.29 is 52.2 Å². The average Bonchev–Trinajstić information content (AvgIpc) is 3.16. The van der Waals surface area contributed by atoms with Crippen LogP contribution in [0.15, 0.2) is 59.6 Å². The number of aliphatic imine (C=N–C) groups is 1. The molecule has 1 aliphatic rings. The van der Waals surface area contributed by atoms with Gasteiger partial charge in [0.2, 0.25) is 23.6 Å². The van der Waals surface area contributed by atoms with Crippen LogP contribution >= 0.6 is 0 Å². The summed E-state index contributed by atoms with van der Waals surface area (Å²) in [5, 5.41) is 32.3. The number of carbonyl (C=O) groups excluding carboxylic acids is 4. The molecule has 1 unspecified atom stereocenters. The molecular formula is C38H52F3N9O8. The number of hydrogen-bond acceptors (Lipinski definition) is 8. The van der Waals surface area contributed by atoms with E-state index in [1.165, 1.54) is 0 Å². The summed E-state index contributed by atoms with van der Waals surface area (Å²) in [5.74, 6) is -7.34. The minimum absolute atomic E-state index is 0.0752. The number of carbonyl (C=O) groups is 6. The monoisotopic (exact) mass is 819 g/mol. The summed E-state index contributed by atoms with van der Waals surface area (Å²) in [6.07, 6.45) is 0.238. The van der Waals surface area contributed by atoms with Gasteiger partial charge in [-0.1, -0.05) is 86.7 Å². The van der Waals surface area contributed by atoms with Gasteiger partial charge in [0.15, 0.2) is 5.96 Å². The van der Waals surface area contributed by atoms with Crippen molar-refractivity contribution in [3.63, 3.8) is 0 Å². The molecule has 0 heterocycles. The molecule has 1 aliphatic carbocycles. The molecule has 4 amide bonds. The van der Waals surface area contributed by atoms with Crippen LogP contribution in [-0.2, 0) is 35.2 Å². The van der Waals surface area contributed by atoms with Crippen molar-refractivity contribution in [1.82, 2.24) is 16.0 Å². The molecule has 318 valence electrons. The lowest BCUT2D eigenvalue weighted by Crippen LogP contribution is -2.57. The van der Waals surface area contributed by atoms with E-state index in [0.29, 0.717) is 17.5 Å². The highest BCUT2D eigenvalue weighted by Gasteiger charge is 2.38. The number of rotatable bonds is 20. The maximum atomic E-state index is 13.9. The van der Waals surface area contributed by atoms with E-state index in [1.54, 1.807) is 54.6 Å². The number of halogens is 3. The van der Waals surface area contributed by atoms with Crippen LogP contribution < -0.4 is 38.9 Å². The number of hydrogen-bond donors (Lipinski definition) is 10. The van der Waals surface area contributed by atoms with Gasteiger partial charge in [-0.25, -0.2) is 4.79 Å². The summed E-state index contributed by atoms with van der Waals surface area (Å²) in [5.41, 5.74) is 24.1. The second-order valence-electron chi connectivity index (χ2n) is 13.8. The van der Waals surface area contributed by atoms with Gasteiger partial charge in [0, 0.05) is 18.5 Å². The molecule has 1 saturated carbocycles. The summed E-state index contributed by atoms with van der Waals surface area (Å²) in [7, 11) is 0. The zero-order chi connectivity index (χ0) is 43.4. The van der Waals surface area contributed by atoms with Crippen LogP contribution in [0.4, 0.5) is 13.2 Å². The highest BCUT2D eigenvalue weighted by molar-refractivity contribution is 5.96. The van der Waals surface area contributed by atoms with Crippen LogP contribution in [0.3, 0.4) is 0 Å². The minimum atomic E-state index is -5.08. The lowest BCUT2D eigenvalue weighted by Gasteiger charge is -2.28. The van der Waals surface area contributed by atoms with Gasteiger partial charge >= 0.3 is 18.1 Å². The number of amidine groups is 1. The van der Waals surface area contributed by atoms with Gasteiger partial charge in [-0.3, -0.25) is 34.4 Å². The molecule has 0 bridgehead atoms. The van der Waals surface area contributed by atoms with Crippen LogP contribution in [0.1, 0.15) is 86.8 Å². The Morgan fingerprint density at radius 2 is 1.31 bits per heavy atom. The number of carboxylic acid groups (broad SMARTS) is 2. The van der Waals surface area contributed by atoms with Gasteiger partial charge in [0.1, 0.15) is 24.0 Å². The molecule has 2 aromatic carbocycles. The smallest absolute Gasteiger partial charge is 0.481 e. The predicted molar refractivity (Wildman–Crippen MR) is 207 cm³/mol. The molecule has 4 atom stereocenters. The van der Waals surface area contributed by atoms with Gasteiger partial charge in [-0.15, -0.1) is 0 Å². The minimum Gasteiger partial charge on any atom is -0.481 e. The number of alkyl halides is 3.